The number of esters is 1. The van der Waals surface area contributed by atoms with Gasteiger partial charge in [0.25, 0.3) is 0 Å². The van der Waals surface area contributed by atoms with Crippen molar-refractivity contribution in [1.82, 2.24) is 0 Å². The molecule has 0 spiro atoms. The van der Waals surface area contributed by atoms with Gasteiger partial charge in [0.2, 0.25) is 0 Å². The van der Waals surface area contributed by atoms with Gasteiger partial charge in [-0.25, -0.2) is 0 Å². The second-order valence-corrected chi connectivity index (χ2v) is 5.73. The topological polar surface area (TPSA) is 26.3 Å². The van der Waals surface area contributed by atoms with Crippen LogP contribution in [0.2, 0.25) is 0 Å². The summed E-state index contributed by atoms with van der Waals surface area (Å²) in [5, 5.41) is 0. The Morgan fingerprint density at radius 1 is 0.889 bits per heavy atom. The molecule has 0 aliphatic carbocycles. The number of hydrogen-bond donors (Lipinski definition) is 0. The van der Waals surface area contributed by atoms with Crippen LogP contribution >= 0.6 is 0 Å². The standard InChI is InChI=1S/C16H26O2/c17-16-14-10-7-5-3-1-2-4-6-8-12-15(18-16)13-9-11-14/h13-14H,1-12H2. The molecule has 0 saturated carbocycles. The minimum Gasteiger partial charge on any atom is -0.431 e. The summed E-state index contributed by atoms with van der Waals surface area (Å²) in [6.07, 6.45) is 16.5. The second kappa shape index (κ2) is 7.60. The molecule has 2 heteroatoms. The first kappa shape index (κ1) is 13.6. The van der Waals surface area contributed by atoms with Gasteiger partial charge in [0.1, 0.15) is 5.76 Å². The fourth-order valence-corrected chi connectivity index (χ4v) is 2.98. The molecule has 2 bridgehead atoms. The van der Waals surface area contributed by atoms with Crippen LogP contribution in [0.5, 0.6) is 0 Å². The average molecular weight is 250 g/mol. The molecule has 2 nitrogen and oxygen atoms in total. The Morgan fingerprint density at radius 2 is 1.56 bits per heavy atom. The first-order valence-electron chi connectivity index (χ1n) is 7.77. The van der Waals surface area contributed by atoms with Crippen LogP contribution in [0.15, 0.2) is 11.8 Å². The fourth-order valence-electron chi connectivity index (χ4n) is 2.98. The Bertz CT molecular complexity index is 293. The molecule has 2 aliphatic heterocycles. The lowest BCUT2D eigenvalue weighted by atomic mass is 9.96. The Hall–Kier alpha value is -0.790. The molecule has 0 aromatic heterocycles. The monoisotopic (exact) mass is 250 g/mol. The van der Waals surface area contributed by atoms with Crippen molar-refractivity contribution in [3.8, 4) is 0 Å². The van der Waals surface area contributed by atoms with Crippen molar-refractivity contribution >= 4 is 5.97 Å². The van der Waals surface area contributed by atoms with Gasteiger partial charge < -0.3 is 4.74 Å². The molecule has 18 heavy (non-hydrogen) atoms. The minimum atomic E-state index is 0.0378. The molecule has 1 atom stereocenters. The highest BCUT2D eigenvalue weighted by molar-refractivity contribution is 5.73. The summed E-state index contributed by atoms with van der Waals surface area (Å²) in [5.41, 5.74) is 0. The van der Waals surface area contributed by atoms with Crippen LogP contribution in [0.3, 0.4) is 0 Å². The lowest BCUT2D eigenvalue weighted by Gasteiger charge is -2.14. The Labute approximate surface area is 111 Å². The number of ether oxygens (including phenoxy) is 1. The van der Waals surface area contributed by atoms with Crippen LogP contribution in [-0.4, -0.2) is 5.97 Å². The Morgan fingerprint density at radius 3 is 2.33 bits per heavy atom. The molecular weight excluding hydrogens is 224 g/mol. The molecule has 0 radical (unpaired) electrons. The zero-order chi connectivity index (χ0) is 12.6. The third-order valence-electron chi connectivity index (χ3n) is 4.18. The van der Waals surface area contributed by atoms with Crippen molar-refractivity contribution in [2.75, 3.05) is 0 Å². The minimum absolute atomic E-state index is 0.0378. The van der Waals surface area contributed by atoms with Crippen molar-refractivity contribution in [3.63, 3.8) is 0 Å². The fraction of sp³-hybridized carbons (Fsp3) is 0.812. The molecule has 0 amide bonds. The lowest BCUT2D eigenvalue weighted by molar-refractivity contribution is -0.144. The van der Waals surface area contributed by atoms with E-state index in [-0.39, 0.29) is 11.9 Å². The molecule has 2 rings (SSSR count). The van der Waals surface area contributed by atoms with E-state index in [2.05, 4.69) is 6.08 Å². The van der Waals surface area contributed by atoms with Crippen molar-refractivity contribution < 1.29 is 9.53 Å². The van der Waals surface area contributed by atoms with Gasteiger partial charge in [0.15, 0.2) is 0 Å². The molecule has 1 fully saturated rings. The van der Waals surface area contributed by atoms with E-state index < -0.39 is 0 Å². The smallest absolute Gasteiger partial charge is 0.314 e. The first-order chi connectivity index (χ1) is 8.86. The summed E-state index contributed by atoms with van der Waals surface area (Å²) in [4.78, 5) is 12.0. The van der Waals surface area contributed by atoms with Gasteiger partial charge in [-0.3, -0.25) is 4.79 Å². The van der Waals surface area contributed by atoms with Gasteiger partial charge in [-0.05, 0) is 31.8 Å². The molecule has 0 N–H and O–H groups in total. The van der Waals surface area contributed by atoms with Gasteiger partial charge in [0, 0.05) is 6.42 Å². The summed E-state index contributed by atoms with van der Waals surface area (Å²) in [5.74, 6) is 1.14. The van der Waals surface area contributed by atoms with E-state index in [1.807, 2.05) is 0 Å². The van der Waals surface area contributed by atoms with Crippen LogP contribution in [0.4, 0.5) is 0 Å². The van der Waals surface area contributed by atoms with Gasteiger partial charge in [-0.1, -0.05) is 44.9 Å². The van der Waals surface area contributed by atoms with Crippen molar-refractivity contribution in [2.45, 2.75) is 77.0 Å². The molecule has 0 aromatic carbocycles. The van der Waals surface area contributed by atoms with E-state index >= 15 is 0 Å². The zero-order valence-corrected chi connectivity index (χ0v) is 11.5. The highest BCUT2D eigenvalue weighted by atomic mass is 16.5. The van der Waals surface area contributed by atoms with Crippen molar-refractivity contribution in [1.29, 1.82) is 0 Å². The third kappa shape index (κ3) is 4.47. The zero-order valence-electron chi connectivity index (χ0n) is 11.5. The van der Waals surface area contributed by atoms with Gasteiger partial charge in [0.05, 0.1) is 5.92 Å². The van der Waals surface area contributed by atoms with Crippen LogP contribution in [0, 0.1) is 5.92 Å². The summed E-state index contributed by atoms with van der Waals surface area (Å²) < 4.78 is 5.54. The highest BCUT2D eigenvalue weighted by Crippen LogP contribution is 2.26. The Balaban J connectivity index is 1.91. The lowest BCUT2D eigenvalue weighted by Crippen LogP contribution is -2.16. The molecular formula is C16H26O2. The maximum absolute atomic E-state index is 12.0. The van der Waals surface area contributed by atoms with Crippen LogP contribution < -0.4 is 0 Å². The largest absolute Gasteiger partial charge is 0.431 e. The van der Waals surface area contributed by atoms with E-state index in [1.165, 1.54) is 51.4 Å². The van der Waals surface area contributed by atoms with E-state index in [1.54, 1.807) is 0 Å². The van der Waals surface area contributed by atoms with Crippen molar-refractivity contribution in [3.05, 3.63) is 11.8 Å². The first-order valence-corrected chi connectivity index (χ1v) is 7.77. The molecule has 1 unspecified atom stereocenters. The van der Waals surface area contributed by atoms with Gasteiger partial charge in [-0.2, -0.15) is 0 Å². The summed E-state index contributed by atoms with van der Waals surface area (Å²) >= 11 is 0. The quantitative estimate of drug-likeness (QED) is 0.580. The van der Waals surface area contributed by atoms with Crippen LogP contribution in [0.1, 0.15) is 77.0 Å². The maximum Gasteiger partial charge on any atom is 0.314 e. The van der Waals surface area contributed by atoms with Crippen LogP contribution in [-0.2, 0) is 9.53 Å². The molecule has 2 aliphatic rings. The van der Waals surface area contributed by atoms with E-state index in [0.717, 1.165) is 31.4 Å². The number of carbonyl (C=O) groups excluding carboxylic acids is 1. The molecule has 1 saturated heterocycles. The predicted octanol–water partition coefficient (Wildman–Crippen LogP) is 4.74. The molecule has 0 aromatic rings. The molecule has 102 valence electrons. The Kier molecular flexibility index (Phi) is 5.76. The van der Waals surface area contributed by atoms with Crippen LogP contribution in [0.25, 0.3) is 0 Å². The SMILES string of the molecule is O=C1OC2=CCCC1CCCCCCCCCC2. The number of carbonyl (C=O) groups is 1. The average Bonchev–Trinajstić information content (AvgIpc) is 2.54. The summed E-state index contributed by atoms with van der Waals surface area (Å²) in [6, 6.07) is 0. The highest BCUT2D eigenvalue weighted by Gasteiger charge is 2.23. The number of hydrogen-bond acceptors (Lipinski definition) is 2. The predicted molar refractivity (Wildman–Crippen MR) is 73.1 cm³/mol. The number of rotatable bonds is 0. The molecule has 2 heterocycles. The summed E-state index contributed by atoms with van der Waals surface area (Å²) in [6.45, 7) is 0. The number of allylic oxidation sites excluding steroid dienone is 2. The normalized spacial score (nSPS) is 27.9. The van der Waals surface area contributed by atoms with E-state index in [4.69, 9.17) is 4.74 Å². The van der Waals surface area contributed by atoms with E-state index in [0.29, 0.717) is 0 Å². The van der Waals surface area contributed by atoms with Crippen molar-refractivity contribution in [2.24, 2.45) is 5.92 Å². The van der Waals surface area contributed by atoms with Gasteiger partial charge in [-0.15, -0.1) is 0 Å². The summed E-state index contributed by atoms with van der Waals surface area (Å²) in [7, 11) is 0. The maximum atomic E-state index is 12.0. The second-order valence-electron chi connectivity index (χ2n) is 5.73. The van der Waals surface area contributed by atoms with E-state index in [9.17, 15) is 4.79 Å². The van der Waals surface area contributed by atoms with Gasteiger partial charge >= 0.3 is 5.97 Å². The third-order valence-corrected chi connectivity index (χ3v) is 4.18. The number of fused-ring (bicyclic) bond motifs is 3.